The van der Waals surface area contributed by atoms with Gasteiger partial charge in [0.15, 0.2) is 0 Å². The van der Waals surface area contributed by atoms with Crippen LogP contribution in [0.2, 0.25) is 5.02 Å². The molecule has 2 N–H and O–H groups in total. The summed E-state index contributed by atoms with van der Waals surface area (Å²) in [7, 11) is 1.31. The summed E-state index contributed by atoms with van der Waals surface area (Å²) in [6.45, 7) is 2.01. The number of nitrogens with one attached hydrogen (secondary N) is 2. The molecule has 0 unspecified atom stereocenters. The molecule has 23 heavy (non-hydrogen) atoms. The fraction of sp³-hybridized carbons (Fsp3) is 0.176. The molecule has 0 saturated heterocycles. The third kappa shape index (κ3) is 4.72. The lowest BCUT2D eigenvalue weighted by Crippen LogP contribution is -2.22. The molecule has 0 atom stereocenters. The third-order valence-electron chi connectivity index (χ3n) is 3.21. The van der Waals surface area contributed by atoms with Crippen molar-refractivity contribution in [3.8, 4) is 0 Å². The maximum atomic E-state index is 12.0. The van der Waals surface area contributed by atoms with E-state index in [4.69, 9.17) is 11.6 Å². The second kappa shape index (κ2) is 7.65. The summed E-state index contributed by atoms with van der Waals surface area (Å²) in [5, 5.41) is 6.36. The van der Waals surface area contributed by atoms with Gasteiger partial charge in [0.05, 0.1) is 19.2 Å². The zero-order chi connectivity index (χ0) is 16.8. The highest BCUT2D eigenvalue weighted by molar-refractivity contribution is 6.30. The highest BCUT2D eigenvalue weighted by atomic mass is 35.5. The number of amides is 1. The Bertz CT molecular complexity index is 732. The molecule has 0 heterocycles. The van der Waals surface area contributed by atoms with Gasteiger partial charge in [-0.2, -0.15) is 0 Å². The van der Waals surface area contributed by atoms with E-state index >= 15 is 0 Å². The Morgan fingerprint density at radius 2 is 1.96 bits per heavy atom. The van der Waals surface area contributed by atoms with Crippen molar-refractivity contribution in [2.75, 3.05) is 24.3 Å². The number of anilines is 2. The number of methoxy groups -OCH3 is 1. The standard InChI is InChI=1S/C17H17ClN2O3/c1-11-6-7-13(18)9-15(11)19-10-16(21)20-14-5-3-4-12(8-14)17(22)23-2/h3-9,19H,10H2,1-2H3,(H,20,21). The molecule has 0 bridgehead atoms. The fourth-order valence-electron chi connectivity index (χ4n) is 2.01. The Hall–Kier alpha value is -2.53. The van der Waals surface area contributed by atoms with Crippen molar-refractivity contribution in [2.24, 2.45) is 0 Å². The molecule has 0 fully saturated rings. The average molecular weight is 333 g/mol. The van der Waals surface area contributed by atoms with E-state index < -0.39 is 5.97 Å². The lowest BCUT2D eigenvalue weighted by molar-refractivity contribution is -0.114. The van der Waals surface area contributed by atoms with Crippen LogP contribution in [0, 0.1) is 6.92 Å². The highest BCUT2D eigenvalue weighted by Crippen LogP contribution is 2.20. The summed E-state index contributed by atoms with van der Waals surface area (Å²) < 4.78 is 4.65. The van der Waals surface area contributed by atoms with Gasteiger partial charge >= 0.3 is 5.97 Å². The van der Waals surface area contributed by atoms with E-state index in [-0.39, 0.29) is 12.5 Å². The van der Waals surface area contributed by atoms with Crippen LogP contribution in [0.3, 0.4) is 0 Å². The van der Waals surface area contributed by atoms with Crippen LogP contribution in [0.5, 0.6) is 0 Å². The molecule has 0 spiro atoms. The topological polar surface area (TPSA) is 67.4 Å². The summed E-state index contributed by atoms with van der Waals surface area (Å²) in [6.07, 6.45) is 0. The Morgan fingerprint density at radius 3 is 2.70 bits per heavy atom. The SMILES string of the molecule is COC(=O)c1cccc(NC(=O)CNc2cc(Cl)ccc2C)c1. The summed E-state index contributed by atoms with van der Waals surface area (Å²) >= 11 is 5.94. The van der Waals surface area contributed by atoms with Crippen molar-refractivity contribution in [3.05, 3.63) is 58.6 Å². The van der Waals surface area contributed by atoms with Crippen molar-refractivity contribution in [1.82, 2.24) is 0 Å². The smallest absolute Gasteiger partial charge is 0.337 e. The van der Waals surface area contributed by atoms with Crippen LogP contribution in [-0.2, 0) is 9.53 Å². The molecule has 0 aliphatic rings. The van der Waals surface area contributed by atoms with E-state index in [0.29, 0.717) is 16.3 Å². The molecule has 5 nitrogen and oxygen atoms in total. The second-order valence-electron chi connectivity index (χ2n) is 4.93. The molecule has 0 aliphatic heterocycles. The summed E-state index contributed by atoms with van der Waals surface area (Å²) in [4.78, 5) is 23.5. The Balaban J connectivity index is 1.97. The molecule has 2 rings (SSSR count). The molecule has 2 aromatic carbocycles. The van der Waals surface area contributed by atoms with Crippen molar-refractivity contribution in [1.29, 1.82) is 0 Å². The molecular weight excluding hydrogens is 316 g/mol. The molecule has 120 valence electrons. The maximum Gasteiger partial charge on any atom is 0.337 e. The number of rotatable bonds is 5. The van der Waals surface area contributed by atoms with Crippen molar-refractivity contribution >= 4 is 34.9 Å². The van der Waals surface area contributed by atoms with Crippen LogP contribution in [-0.4, -0.2) is 25.5 Å². The number of ether oxygens (including phenoxy) is 1. The number of carbonyl (C=O) groups excluding carboxylic acids is 2. The number of benzene rings is 2. The van der Waals surface area contributed by atoms with Gasteiger partial charge < -0.3 is 15.4 Å². The normalized spacial score (nSPS) is 10.0. The van der Waals surface area contributed by atoms with Gasteiger partial charge in [-0.15, -0.1) is 0 Å². The molecule has 0 saturated carbocycles. The molecule has 2 aromatic rings. The monoisotopic (exact) mass is 332 g/mol. The zero-order valence-electron chi connectivity index (χ0n) is 12.9. The van der Waals surface area contributed by atoms with Crippen molar-refractivity contribution in [3.63, 3.8) is 0 Å². The van der Waals surface area contributed by atoms with Crippen LogP contribution in [0.15, 0.2) is 42.5 Å². The van der Waals surface area contributed by atoms with Crippen LogP contribution in [0.1, 0.15) is 15.9 Å². The Kier molecular flexibility index (Phi) is 5.60. The predicted octanol–water partition coefficient (Wildman–Crippen LogP) is 3.49. The lowest BCUT2D eigenvalue weighted by atomic mass is 10.2. The van der Waals surface area contributed by atoms with Gasteiger partial charge in [-0.25, -0.2) is 4.79 Å². The molecule has 0 aromatic heterocycles. The van der Waals surface area contributed by atoms with Gasteiger partial charge in [0.1, 0.15) is 0 Å². The molecule has 6 heteroatoms. The minimum Gasteiger partial charge on any atom is -0.465 e. The minimum absolute atomic E-state index is 0.0869. The van der Waals surface area contributed by atoms with Crippen molar-refractivity contribution in [2.45, 2.75) is 6.92 Å². The summed E-state index contributed by atoms with van der Waals surface area (Å²) in [6, 6.07) is 12.0. The van der Waals surface area contributed by atoms with E-state index in [1.165, 1.54) is 7.11 Å². The first-order valence-electron chi connectivity index (χ1n) is 6.98. The first-order chi connectivity index (χ1) is 11.0. The van der Waals surface area contributed by atoms with Crippen LogP contribution in [0.4, 0.5) is 11.4 Å². The van der Waals surface area contributed by atoms with E-state index in [9.17, 15) is 9.59 Å². The van der Waals surface area contributed by atoms with Crippen LogP contribution < -0.4 is 10.6 Å². The Morgan fingerprint density at radius 1 is 1.17 bits per heavy atom. The average Bonchev–Trinajstić information content (AvgIpc) is 2.55. The molecule has 0 radical (unpaired) electrons. The first kappa shape index (κ1) is 16.8. The summed E-state index contributed by atoms with van der Waals surface area (Å²) in [5.41, 5.74) is 2.71. The number of esters is 1. The van der Waals surface area contributed by atoms with Gasteiger partial charge in [-0.1, -0.05) is 23.7 Å². The lowest BCUT2D eigenvalue weighted by Gasteiger charge is -2.11. The van der Waals surface area contributed by atoms with Crippen molar-refractivity contribution < 1.29 is 14.3 Å². The molecular formula is C17H17ClN2O3. The molecule has 0 aliphatic carbocycles. The highest BCUT2D eigenvalue weighted by Gasteiger charge is 2.08. The fourth-order valence-corrected chi connectivity index (χ4v) is 2.18. The number of aryl methyl sites for hydroxylation is 1. The predicted molar refractivity (Wildman–Crippen MR) is 91.1 cm³/mol. The third-order valence-corrected chi connectivity index (χ3v) is 3.44. The van der Waals surface area contributed by atoms with Crippen LogP contribution >= 0.6 is 11.6 Å². The van der Waals surface area contributed by atoms with E-state index in [2.05, 4.69) is 15.4 Å². The quantitative estimate of drug-likeness (QED) is 0.822. The zero-order valence-corrected chi connectivity index (χ0v) is 13.6. The van der Waals surface area contributed by atoms with Gasteiger partial charge in [0.2, 0.25) is 5.91 Å². The van der Waals surface area contributed by atoms with E-state index in [1.807, 2.05) is 13.0 Å². The second-order valence-corrected chi connectivity index (χ2v) is 5.37. The van der Waals surface area contributed by atoms with E-state index in [0.717, 1.165) is 11.3 Å². The Labute approximate surface area is 139 Å². The number of carbonyl (C=O) groups is 2. The number of hydrogen-bond donors (Lipinski definition) is 2. The maximum absolute atomic E-state index is 12.0. The van der Waals surface area contributed by atoms with Gasteiger partial charge in [0.25, 0.3) is 0 Å². The van der Waals surface area contributed by atoms with E-state index in [1.54, 1.807) is 36.4 Å². The van der Waals surface area contributed by atoms with Gasteiger partial charge in [-0.3, -0.25) is 4.79 Å². The largest absolute Gasteiger partial charge is 0.465 e. The molecule has 1 amide bonds. The van der Waals surface area contributed by atoms with Gasteiger partial charge in [0, 0.05) is 16.4 Å². The first-order valence-corrected chi connectivity index (χ1v) is 7.35. The number of hydrogen-bond acceptors (Lipinski definition) is 4. The number of halogens is 1. The van der Waals surface area contributed by atoms with Gasteiger partial charge in [-0.05, 0) is 42.8 Å². The summed E-state index contributed by atoms with van der Waals surface area (Å²) in [5.74, 6) is -0.680. The minimum atomic E-state index is -0.450. The van der Waals surface area contributed by atoms with Crippen LogP contribution in [0.25, 0.3) is 0 Å².